The van der Waals surface area contributed by atoms with Gasteiger partial charge in [0.15, 0.2) is 0 Å². The van der Waals surface area contributed by atoms with E-state index in [1.165, 1.54) is 69.8 Å². The van der Waals surface area contributed by atoms with Crippen molar-refractivity contribution in [3.05, 3.63) is 29.1 Å². The van der Waals surface area contributed by atoms with Gasteiger partial charge in [0.2, 0.25) is 0 Å². The summed E-state index contributed by atoms with van der Waals surface area (Å²) in [5.74, 6) is 4.05. The maximum absolute atomic E-state index is 15.0. The zero-order valence-electron chi connectivity index (χ0n) is 18.7. The van der Waals surface area contributed by atoms with Crippen molar-refractivity contribution < 1.29 is 9.13 Å². The molecule has 4 rings (SSSR count). The number of benzene rings is 1. The maximum atomic E-state index is 15.0. The third-order valence-electron chi connectivity index (χ3n) is 8.29. The fourth-order valence-corrected chi connectivity index (χ4v) is 6.58. The number of halogens is 1. The van der Waals surface area contributed by atoms with Crippen LogP contribution >= 0.6 is 0 Å². The molecule has 1 aliphatic heterocycles. The fourth-order valence-electron chi connectivity index (χ4n) is 6.58. The van der Waals surface area contributed by atoms with Gasteiger partial charge in [0.1, 0.15) is 11.6 Å². The number of rotatable bonds is 6. The molecule has 0 N–H and O–H groups in total. The molecular weight excluding hydrogens is 359 g/mol. The van der Waals surface area contributed by atoms with Crippen LogP contribution in [-0.2, 0) is 6.42 Å². The van der Waals surface area contributed by atoms with Gasteiger partial charge in [-0.3, -0.25) is 0 Å². The molecule has 3 aliphatic rings. The van der Waals surface area contributed by atoms with Gasteiger partial charge in [0.05, 0.1) is 6.10 Å². The van der Waals surface area contributed by atoms with Gasteiger partial charge in [-0.2, -0.15) is 0 Å². The van der Waals surface area contributed by atoms with Gasteiger partial charge in [-0.15, -0.1) is 0 Å². The first-order valence-electron chi connectivity index (χ1n) is 12.7. The second-order valence-electron chi connectivity index (χ2n) is 10.2. The number of hydrogen-bond donors (Lipinski definition) is 0. The molecule has 0 amide bonds. The molecule has 0 saturated heterocycles. The summed E-state index contributed by atoms with van der Waals surface area (Å²) in [6.45, 7) is 4.51. The van der Waals surface area contributed by atoms with E-state index in [0.29, 0.717) is 5.92 Å². The minimum atomic E-state index is -0.0237. The molecule has 29 heavy (non-hydrogen) atoms. The molecule has 2 heteroatoms. The van der Waals surface area contributed by atoms with Crippen LogP contribution < -0.4 is 4.74 Å². The molecule has 2 aliphatic carbocycles. The third kappa shape index (κ3) is 5.00. The van der Waals surface area contributed by atoms with Crippen LogP contribution in [0, 0.1) is 23.6 Å². The summed E-state index contributed by atoms with van der Waals surface area (Å²) < 4.78 is 21.0. The highest BCUT2D eigenvalue weighted by molar-refractivity contribution is 5.41. The van der Waals surface area contributed by atoms with Crippen LogP contribution in [0.4, 0.5) is 4.39 Å². The first-order chi connectivity index (χ1) is 14.2. The Kier molecular flexibility index (Phi) is 7.19. The SMILES string of the molecule is CCCC1CCC(C2CCC(c3cc4c(cc3F)OC(CCC)CC4)CC2)CC1. The average molecular weight is 401 g/mol. The normalized spacial score (nSPS) is 32.4. The molecule has 1 nitrogen and oxygen atoms in total. The highest BCUT2D eigenvalue weighted by Gasteiger charge is 2.32. The van der Waals surface area contributed by atoms with E-state index >= 15 is 0 Å². The van der Waals surface area contributed by atoms with Gasteiger partial charge in [-0.25, -0.2) is 4.39 Å². The summed E-state index contributed by atoms with van der Waals surface area (Å²) in [7, 11) is 0. The lowest BCUT2D eigenvalue weighted by Crippen LogP contribution is -2.26. The summed E-state index contributed by atoms with van der Waals surface area (Å²) in [5, 5.41) is 0. The lowest BCUT2D eigenvalue weighted by molar-refractivity contribution is 0.155. The molecule has 0 radical (unpaired) electrons. The largest absolute Gasteiger partial charge is 0.490 e. The van der Waals surface area contributed by atoms with E-state index < -0.39 is 0 Å². The predicted molar refractivity (Wildman–Crippen MR) is 119 cm³/mol. The molecule has 0 aromatic heterocycles. The first kappa shape index (κ1) is 21.2. The summed E-state index contributed by atoms with van der Waals surface area (Å²) in [5.41, 5.74) is 2.22. The van der Waals surface area contributed by atoms with Crippen molar-refractivity contribution in [1.29, 1.82) is 0 Å². The zero-order chi connectivity index (χ0) is 20.2. The Morgan fingerprint density at radius 2 is 1.48 bits per heavy atom. The Bertz CT molecular complexity index is 653. The van der Waals surface area contributed by atoms with E-state index in [1.807, 2.05) is 0 Å². The van der Waals surface area contributed by atoms with Crippen molar-refractivity contribution in [1.82, 2.24) is 0 Å². The molecule has 1 unspecified atom stereocenters. The zero-order valence-corrected chi connectivity index (χ0v) is 18.7. The van der Waals surface area contributed by atoms with Gasteiger partial charge in [-0.05, 0) is 98.7 Å². The Balaban J connectivity index is 1.33. The fraction of sp³-hybridized carbons (Fsp3) is 0.778. The summed E-state index contributed by atoms with van der Waals surface area (Å²) >= 11 is 0. The van der Waals surface area contributed by atoms with Crippen LogP contribution in [0.25, 0.3) is 0 Å². The first-order valence-corrected chi connectivity index (χ1v) is 12.7. The lowest BCUT2D eigenvalue weighted by Gasteiger charge is -2.38. The van der Waals surface area contributed by atoms with Crippen LogP contribution in [-0.4, -0.2) is 6.10 Å². The topological polar surface area (TPSA) is 9.23 Å². The quantitative estimate of drug-likeness (QED) is 0.467. The third-order valence-corrected chi connectivity index (χ3v) is 8.29. The van der Waals surface area contributed by atoms with Gasteiger partial charge >= 0.3 is 0 Å². The molecule has 1 heterocycles. The number of hydrogen-bond acceptors (Lipinski definition) is 1. The molecule has 2 fully saturated rings. The Labute approximate surface area is 177 Å². The Morgan fingerprint density at radius 1 is 0.828 bits per heavy atom. The minimum Gasteiger partial charge on any atom is -0.490 e. The summed E-state index contributed by atoms with van der Waals surface area (Å²) in [6.07, 6.45) is 18.2. The monoisotopic (exact) mass is 400 g/mol. The molecular formula is C27H41FO. The summed E-state index contributed by atoms with van der Waals surface area (Å²) in [6, 6.07) is 3.86. The molecule has 2 saturated carbocycles. The van der Waals surface area contributed by atoms with Crippen molar-refractivity contribution in [2.75, 3.05) is 0 Å². The number of aryl methyl sites for hydroxylation is 1. The molecule has 162 valence electrons. The van der Waals surface area contributed by atoms with Crippen molar-refractivity contribution in [3.8, 4) is 5.75 Å². The predicted octanol–water partition coefficient (Wildman–Crippen LogP) is 8.20. The highest BCUT2D eigenvalue weighted by atomic mass is 19.1. The molecule has 1 aromatic rings. The second kappa shape index (κ2) is 9.84. The maximum Gasteiger partial charge on any atom is 0.130 e. The van der Waals surface area contributed by atoms with Crippen molar-refractivity contribution in [2.24, 2.45) is 17.8 Å². The number of fused-ring (bicyclic) bond motifs is 1. The van der Waals surface area contributed by atoms with Gasteiger partial charge in [0.25, 0.3) is 0 Å². The van der Waals surface area contributed by atoms with E-state index in [0.717, 1.165) is 54.7 Å². The van der Waals surface area contributed by atoms with E-state index in [4.69, 9.17) is 4.74 Å². The highest BCUT2D eigenvalue weighted by Crippen LogP contribution is 2.45. The number of ether oxygens (including phenoxy) is 1. The van der Waals surface area contributed by atoms with Crippen LogP contribution in [0.2, 0.25) is 0 Å². The van der Waals surface area contributed by atoms with E-state index in [2.05, 4.69) is 19.9 Å². The van der Waals surface area contributed by atoms with Crippen LogP contribution in [0.3, 0.4) is 0 Å². The summed E-state index contributed by atoms with van der Waals surface area (Å²) in [4.78, 5) is 0. The smallest absolute Gasteiger partial charge is 0.130 e. The standard InChI is InChI=1S/C27H41FO/c1-3-5-19-7-9-20(10-8-19)21-11-13-22(14-12-21)25-17-23-15-16-24(6-4-2)29-27(23)18-26(25)28/h17-22,24H,3-16H2,1-2H3. The average Bonchev–Trinajstić information content (AvgIpc) is 2.74. The van der Waals surface area contributed by atoms with Gasteiger partial charge in [0, 0.05) is 6.07 Å². The van der Waals surface area contributed by atoms with Crippen molar-refractivity contribution in [3.63, 3.8) is 0 Å². The van der Waals surface area contributed by atoms with Gasteiger partial charge < -0.3 is 4.74 Å². The van der Waals surface area contributed by atoms with Crippen molar-refractivity contribution >= 4 is 0 Å². The van der Waals surface area contributed by atoms with E-state index in [-0.39, 0.29) is 11.9 Å². The molecule has 1 aromatic carbocycles. The van der Waals surface area contributed by atoms with Crippen molar-refractivity contribution in [2.45, 2.75) is 116 Å². The lowest BCUT2D eigenvalue weighted by atomic mass is 9.68. The molecule has 0 bridgehead atoms. The minimum absolute atomic E-state index is 0.0237. The molecule has 1 atom stereocenters. The molecule has 0 spiro atoms. The van der Waals surface area contributed by atoms with E-state index in [1.54, 1.807) is 6.07 Å². The Morgan fingerprint density at radius 3 is 2.14 bits per heavy atom. The van der Waals surface area contributed by atoms with Crippen LogP contribution in [0.1, 0.15) is 114 Å². The van der Waals surface area contributed by atoms with Gasteiger partial charge in [-0.1, -0.05) is 46.0 Å². The second-order valence-corrected chi connectivity index (χ2v) is 10.2. The Hall–Kier alpha value is -1.05. The van der Waals surface area contributed by atoms with Crippen LogP contribution in [0.5, 0.6) is 5.75 Å². The van der Waals surface area contributed by atoms with Crippen LogP contribution in [0.15, 0.2) is 12.1 Å². The van der Waals surface area contributed by atoms with E-state index in [9.17, 15) is 4.39 Å².